The van der Waals surface area contributed by atoms with E-state index in [0.29, 0.717) is 0 Å². The van der Waals surface area contributed by atoms with Gasteiger partial charge in [-0.3, -0.25) is 0 Å². The van der Waals surface area contributed by atoms with Crippen LogP contribution in [-0.4, -0.2) is 12.0 Å². The number of nitrogens with two attached hydrogens (primary N) is 1. The first-order valence-electron chi connectivity index (χ1n) is 6.23. The van der Waals surface area contributed by atoms with Crippen LogP contribution in [0.15, 0.2) is 47.1 Å². The number of rotatable bonds is 4. The van der Waals surface area contributed by atoms with E-state index in [2.05, 4.69) is 50.1 Å². The molecule has 1 atom stereocenters. The summed E-state index contributed by atoms with van der Waals surface area (Å²) >= 11 is 3.44. The van der Waals surface area contributed by atoms with Crippen LogP contribution in [0.5, 0.6) is 0 Å². The highest BCUT2D eigenvalue weighted by Crippen LogP contribution is 2.17. The predicted molar refractivity (Wildman–Crippen MR) is 83.1 cm³/mol. The standard InChI is InChI=1S/C15H18BrN3/c1-11(17)13-5-8-15(18-9-13)19(2)10-12-3-6-14(16)7-4-12/h3-9,11H,10,17H2,1-2H3/t11-/m1/s1. The van der Waals surface area contributed by atoms with Crippen LogP contribution in [0.1, 0.15) is 24.1 Å². The maximum atomic E-state index is 5.82. The largest absolute Gasteiger partial charge is 0.355 e. The smallest absolute Gasteiger partial charge is 0.128 e. The van der Waals surface area contributed by atoms with Crippen LogP contribution in [0.25, 0.3) is 0 Å². The van der Waals surface area contributed by atoms with Crippen molar-refractivity contribution in [2.45, 2.75) is 19.5 Å². The van der Waals surface area contributed by atoms with Crippen molar-refractivity contribution in [1.29, 1.82) is 0 Å². The summed E-state index contributed by atoms with van der Waals surface area (Å²) in [6, 6.07) is 12.4. The van der Waals surface area contributed by atoms with Crippen LogP contribution < -0.4 is 10.6 Å². The summed E-state index contributed by atoms with van der Waals surface area (Å²) in [7, 11) is 2.04. The van der Waals surface area contributed by atoms with Gasteiger partial charge in [-0.1, -0.05) is 34.1 Å². The number of anilines is 1. The van der Waals surface area contributed by atoms with E-state index in [9.17, 15) is 0 Å². The Morgan fingerprint density at radius 3 is 2.42 bits per heavy atom. The summed E-state index contributed by atoms with van der Waals surface area (Å²) in [5.41, 5.74) is 8.13. The molecule has 0 amide bonds. The Balaban J connectivity index is 2.07. The zero-order chi connectivity index (χ0) is 13.8. The molecule has 0 saturated carbocycles. The summed E-state index contributed by atoms with van der Waals surface area (Å²) in [4.78, 5) is 6.57. The molecule has 0 aliphatic heterocycles. The average molecular weight is 320 g/mol. The summed E-state index contributed by atoms with van der Waals surface area (Å²) in [5.74, 6) is 0.951. The SMILES string of the molecule is C[C@@H](N)c1ccc(N(C)Cc2ccc(Br)cc2)nc1. The highest BCUT2D eigenvalue weighted by atomic mass is 79.9. The molecule has 0 aliphatic rings. The molecular weight excluding hydrogens is 302 g/mol. The molecule has 2 N–H and O–H groups in total. The molecule has 3 nitrogen and oxygen atoms in total. The molecule has 0 unspecified atom stereocenters. The quantitative estimate of drug-likeness (QED) is 0.937. The van der Waals surface area contributed by atoms with Gasteiger partial charge in [0, 0.05) is 30.3 Å². The third-order valence-corrected chi connectivity index (χ3v) is 3.55. The minimum atomic E-state index is 0.0262. The van der Waals surface area contributed by atoms with Gasteiger partial charge in [0.2, 0.25) is 0 Å². The maximum absolute atomic E-state index is 5.82. The number of benzene rings is 1. The monoisotopic (exact) mass is 319 g/mol. The third-order valence-electron chi connectivity index (χ3n) is 3.02. The fourth-order valence-corrected chi connectivity index (χ4v) is 2.10. The Morgan fingerprint density at radius 2 is 1.89 bits per heavy atom. The van der Waals surface area contributed by atoms with Gasteiger partial charge in [0.1, 0.15) is 5.82 Å². The Bertz CT molecular complexity index is 520. The summed E-state index contributed by atoms with van der Waals surface area (Å²) in [5, 5.41) is 0. The highest BCUT2D eigenvalue weighted by Gasteiger charge is 2.05. The molecule has 2 rings (SSSR count). The fourth-order valence-electron chi connectivity index (χ4n) is 1.84. The molecule has 1 aromatic heterocycles. The molecule has 0 saturated heterocycles. The van der Waals surface area contributed by atoms with Gasteiger partial charge in [-0.2, -0.15) is 0 Å². The molecule has 0 spiro atoms. The van der Waals surface area contributed by atoms with Crippen LogP contribution in [0.2, 0.25) is 0 Å². The Labute approximate surface area is 122 Å². The van der Waals surface area contributed by atoms with E-state index < -0.39 is 0 Å². The lowest BCUT2D eigenvalue weighted by Crippen LogP contribution is -2.18. The van der Waals surface area contributed by atoms with Crippen LogP contribution in [0.3, 0.4) is 0 Å². The Kier molecular flexibility index (Phi) is 4.56. The molecule has 100 valence electrons. The molecule has 0 radical (unpaired) electrons. The first-order valence-corrected chi connectivity index (χ1v) is 7.02. The van der Waals surface area contributed by atoms with Crippen LogP contribution in [0.4, 0.5) is 5.82 Å². The summed E-state index contributed by atoms with van der Waals surface area (Å²) in [6.07, 6.45) is 1.85. The van der Waals surface area contributed by atoms with Gasteiger partial charge in [-0.15, -0.1) is 0 Å². The fraction of sp³-hybridized carbons (Fsp3) is 0.267. The predicted octanol–water partition coefficient (Wildman–Crippen LogP) is 3.50. The average Bonchev–Trinajstić information content (AvgIpc) is 2.41. The number of hydrogen-bond acceptors (Lipinski definition) is 3. The highest BCUT2D eigenvalue weighted by molar-refractivity contribution is 9.10. The second-order valence-electron chi connectivity index (χ2n) is 4.72. The molecule has 1 heterocycles. The van der Waals surface area contributed by atoms with Crippen molar-refractivity contribution in [3.63, 3.8) is 0 Å². The zero-order valence-corrected chi connectivity index (χ0v) is 12.8. The molecule has 0 bridgehead atoms. The van der Waals surface area contributed by atoms with Crippen molar-refractivity contribution in [3.05, 3.63) is 58.2 Å². The van der Waals surface area contributed by atoms with Crippen molar-refractivity contribution in [3.8, 4) is 0 Å². The van der Waals surface area contributed by atoms with Gasteiger partial charge >= 0.3 is 0 Å². The van der Waals surface area contributed by atoms with Crippen LogP contribution in [-0.2, 0) is 6.54 Å². The van der Waals surface area contributed by atoms with Gasteiger partial charge in [-0.25, -0.2) is 4.98 Å². The minimum absolute atomic E-state index is 0.0262. The van der Waals surface area contributed by atoms with Crippen molar-refractivity contribution in [1.82, 2.24) is 4.98 Å². The van der Waals surface area contributed by atoms with Gasteiger partial charge < -0.3 is 10.6 Å². The lowest BCUT2D eigenvalue weighted by atomic mass is 10.1. The number of nitrogens with zero attached hydrogens (tertiary/aromatic N) is 2. The molecular formula is C15H18BrN3. The molecule has 0 aliphatic carbocycles. The first kappa shape index (κ1) is 14.0. The van der Waals surface area contributed by atoms with Crippen LogP contribution >= 0.6 is 15.9 Å². The van der Waals surface area contributed by atoms with Gasteiger partial charge in [-0.05, 0) is 36.2 Å². The second kappa shape index (κ2) is 6.17. The van der Waals surface area contributed by atoms with Crippen molar-refractivity contribution >= 4 is 21.7 Å². The second-order valence-corrected chi connectivity index (χ2v) is 5.64. The van der Waals surface area contributed by atoms with Gasteiger partial charge in [0.15, 0.2) is 0 Å². The van der Waals surface area contributed by atoms with Crippen molar-refractivity contribution in [2.24, 2.45) is 5.73 Å². The van der Waals surface area contributed by atoms with E-state index >= 15 is 0 Å². The molecule has 2 aromatic rings. The number of pyridine rings is 1. The zero-order valence-electron chi connectivity index (χ0n) is 11.2. The lowest BCUT2D eigenvalue weighted by Gasteiger charge is -2.19. The molecule has 0 fully saturated rings. The van der Waals surface area contributed by atoms with E-state index in [1.807, 2.05) is 32.3 Å². The summed E-state index contributed by atoms with van der Waals surface area (Å²) in [6.45, 7) is 2.79. The topological polar surface area (TPSA) is 42.1 Å². The van der Waals surface area contributed by atoms with Crippen molar-refractivity contribution in [2.75, 3.05) is 11.9 Å². The Hall–Kier alpha value is -1.39. The Morgan fingerprint density at radius 1 is 1.21 bits per heavy atom. The number of halogens is 1. The van der Waals surface area contributed by atoms with E-state index in [1.165, 1.54) is 5.56 Å². The maximum Gasteiger partial charge on any atom is 0.128 e. The molecule has 4 heteroatoms. The van der Waals surface area contributed by atoms with E-state index in [-0.39, 0.29) is 6.04 Å². The first-order chi connectivity index (χ1) is 9.06. The van der Waals surface area contributed by atoms with Gasteiger partial charge in [0.25, 0.3) is 0 Å². The minimum Gasteiger partial charge on any atom is -0.355 e. The van der Waals surface area contributed by atoms with Crippen LogP contribution in [0, 0.1) is 0 Å². The van der Waals surface area contributed by atoms with E-state index in [1.54, 1.807) is 0 Å². The molecule has 19 heavy (non-hydrogen) atoms. The van der Waals surface area contributed by atoms with Gasteiger partial charge in [0.05, 0.1) is 0 Å². The number of hydrogen-bond donors (Lipinski definition) is 1. The third kappa shape index (κ3) is 3.78. The normalized spacial score (nSPS) is 12.2. The van der Waals surface area contributed by atoms with E-state index in [0.717, 1.165) is 22.4 Å². The molecule has 1 aromatic carbocycles. The van der Waals surface area contributed by atoms with E-state index in [4.69, 9.17) is 5.73 Å². The number of aromatic nitrogens is 1. The van der Waals surface area contributed by atoms with Crippen molar-refractivity contribution < 1.29 is 0 Å². The lowest BCUT2D eigenvalue weighted by molar-refractivity contribution is 0.807. The summed E-state index contributed by atoms with van der Waals surface area (Å²) < 4.78 is 1.10.